The monoisotopic (exact) mass is 298 g/mol. The second kappa shape index (κ2) is 9.03. The minimum atomic E-state index is -0.730. The Morgan fingerprint density at radius 1 is 1.38 bits per heavy atom. The molecule has 0 aliphatic carbocycles. The van der Waals surface area contributed by atoms with Gasteiger partial charge < -0.3 is 10.4 Å². The quantitative estimate of drug-likeness (QED) is 0.721. The molecule has 5 nitrogen and oxygen atoms in total. The standard InChI is InChI=1S/C16H30N2O3/c1-4-6-12(2)17-16(21)13(3)18-10-5-7-14(11-18)8-9-15(19)20/h12-14H,4-11H2,1-3H3,(H,17,21)(H,19,20). The van der Waals surface area contributed by atoms with Crippen LogP contribution in [0.2, 0.25) is 0 Å². The normalized spacial score (nSPS) is 22.5. The Balaban J connectivity index is 2.43. The molecule has 1 aliphatic heterocycles. The lowest BCUT2D eigenvalue weighted by Gasteiger charge is -2.36. The molecule has 0 bridgehead atoms. The number of amides is 1. The van der Waals surface area contributed by atoms with Crippen LogP contribution in [0.15, 0.2) is 0 Å². The third kappa shape index (κ3) is 6.46. The fourth-order valence-electron chi connectivity index (χ4n) is 3.05. The molecule has 0 aromatic heterocycles. The SMILES string of the molecule is CCCC(C)NC(=O)C(C)N1CCCC(CCC(=O)O)C1. The molecule has 1 fully saturated rings. The highest BCUT2D eigenvalue weighted by atomic mass is 16.4. The molecular weight excluding hydrogens is 268 g/mol. The van der Waals surface area contributed by atoms with Crippen LogP contribution >= 0.6 is 0 Å². The van der Waals surface area contributed by atoms with Crippen LogP contribution in [-0.2, 0) is 9.59 Å². The molecule has 1 aliphatic rings. The van der Waals surface area contributed by atoms with Crippen LogP contribution in [0.4, 0.5) is 0 Å². The fraction of sp³-hybridized carbons (Fsp3) is 0.875. The number of carbonyl (C=O) groups excluding carboxylic acids is 1. The van der Waals surface area contributed by atoms with Crippen LogP contribution in [0.3, 0.4) is 0 Å². The first-order valence-electron chi connectivity index (χ1n) is 8.20. The topological polar surface area (TPSA) is 69.6 Å². The van der Waals surface area contributed by atoms with Crippen molar-refractivity contribution in [3.8, 4) is 0 Å². The molecule has 0 aromatic rings. The van der Waals surface area contributed by atoms with E-state index >= 15 is 0 Å². The summed E-state index contributed by atoms with van der Waals surface area (Å²) in [5, 5.41) is 11.8. The Labute approximate surface area is 128 Å². The first-order chi connectivity index (χ1) is 9.93. The molecule has 2 N–H and O–H groups in total. The van der Waals surface area contributed by atoms with Gasteiger partial charge in [0.2, 0.25) is 5.91 Å². The minimum Gasteiger partial charge on any atom is -0.481 e. The van der Waals surface area contributed by atoms with Gasteiger partial charge in [-0.25, -0.2) is 0 Å². The number of carbonyl (C=O) groups is 2. The maximum atomic E-state index is 12.3. The smallest absolute Gasteiger partial charge is 0.303 e. The van der Waals surface area contributed by atoms with Crippen molar-refractivity contribution in [2.75, 3.05) is 13.1 Å². The van der Waals surface area contributed by atoms with Crippen molar-refractivity contribution >= 4 is 11.9 Å². The van der Waals surface area contributed by atoms with E-state index in [1.54, 1.807) is 0 Å². The lowest BCUT2D eigenvalue weighted by Crippen LogP contribution is -2.50. The van der Waals surface area contributed by atoms with E-state index in [1.165, 1.54) is 0 Å². The van der Waals surface area contributed by atoms with Crippen molar-refractivity contribution in [2.24, 2.45) is 5.92 Å². The van der Waals surface area contributed by atoms with Gasteiger partial charge in [-0.2, -0.15) is 0 Å². The zero-order valence-electron chi connectivity index (χ0n) is 13.6. The number of hydrogen-bond acceptors (Lipinski definition) is 3. The fourth-order valence-corrected chi connectivity index (χ4v) is 3.05. The van der Waals surface area contributed by atoms with E-state index in [1.807, 2.05) is 13.8 Å². The lowest BCUT2D eigenvalue weighted by molar-refractivity contribution is -0.137. The van der Waals surface area contributed by atoms with E-state index in [4.69, 9.17) is 5.11 Å². The molecule has 1 heterocycles. The molecule has 3 atom stereocenters. The Kier molecular flexibility index (Phi) is 7.72. The number of carboxylic acid groups (broad SMARTS) is 1. The third-order valence-electron chi connectivity index (χ3n) is 4.35. The maximum absolute atomic E-state index is 12.3. The molecule has 122 valence electrons. The summed E-state index contributed by atoms with van der Waals surface area (Å²) in [5.74, 6) is -0.237. The van der Waals surface area contributed by atoms with E-state index in [0.29, 0.717) is 12.3 Å². The van der Waals surface area contributed by atoms with Gasteiger partial charge in [0.1, 0.15) is 0 Å². The molecule has 0 radical (unpaired) electrons. The Bertz CT molecular complexity index is 346. The van der Waals surface area contributed by atoms with Gasteiger partial charge in [0.05, 0.1) is 6.04 Å². The number of aliphatic carboxylic acids is 1. The van der Waals surface area contributed by atoms with Crippen molar-refractivity contribution in [3.63, 3.8) is 0 Å². The first kappa shape index (κ1) is 18.0. The number of hydrogen-bond donors (Lipinski definition) is 2. The second-order valence-electron chi connectivity index (χ2n) is 6.31. The molecule has 21 heavy (non-hydrogen) atoms. The number of carboxylic acids is 1. The van der Waals surface area contributed by atoms with Gasteiger partial charge in [-0.3, -0.25) is 14.5 Å². The Morgan fingerprint density at radius 2 is 2.10 bits per heavy atom. The van der Waals surface area contributed by atoms with E-state index in [0.717, 1.165) is 38.8 Å². The molecule has 0 spiro atoms. The lowest BCUT2D eigenvalue weighted by atomic mass is 9.92. The predicted octanol–water partition coefficient (Wildman–Crippen LogP) is 2.26. The largest absolute Gasteiger partial charge is 0.481 e. The van der Waals surface area contributed by atoms with Gasteiger partial charge in [-0.15, -0.1) is 0 Å². The number of nitrogens with one attached hydrogen (secondary N) is 1. The summed E-state index contributed by atoms with van der Waals surface area (Å²) in [7, 11) is 0. The van der Waals surface area contributed by atoms with Gasteiger partial charge in [0.15, 0.2) is 0 Å². The zero-order valence-corrected chi connectivity index (χ0v) is 13.6. The first-order valence-corrected chi connectivity index (χ1v) is 8.20. The summed E-state index contributed by atoms with van der Waals surface area (Å²) in [4.78, 5) is 25.1. The highest BCUT2D eigenvalue weighted by Gasteiger charge is 2.27. The third-order valence-corrected chi connectivity index (χ3v) is 4.35. The number of nitrogens with zero attached hydrogens (tertiary/aromatic N) is 1. The van der Waals surface area contributed by atoms with Crippen LogP contribution in [-0.4, -0.2) is 47.1 Å². The highest BCUT2D eigenvalue weighted by Crippen LogP contribution is 2.22. The van der Waals surface area contributed by atoms with Gasteiger partial charge in [-0.1, -0.05) is 13.3 Å². The average Bonchev–Trinajstić information content (AvgIpc) is 2.44. The van der Waals surface area contributed by atoms with Crippen LogP contribution in [0.1, 0.15) is 59.3 Å². The molecule has 1 rings (SSSR count). The van der Waals surface area contributed by atoms with E-state index < -0.39 is 5.97 Å². The van der Waals surface area contributed by atoms with Crippen LogP contribution in [0.25, 0.3) is 0 Å². The van der Waals surface area contributed by atoms with E-state index in [9.17, 15) is 9.59 Å². The van der Waals surface area contributed by atoms with Gasteiger partial charge in [0.25, 0.3) is 0 Å². The Hall–Kier alpha value is -1.10. The molecule has 5 heteroatoms. The van der Waals surface area contributed by atoms with Crippen molar-refractivity contribution in [1.82, 2.24) is 10.2 Å². The van der Waals surface area contributed by atoms with Gasteiger partial charge in [0, 0.05) is 19.0 Å². The second-order valence-corrected chi connectivity index (χ2v) is 6.31. The average molecular weight is 298 g/mol. The molecule has 3 unspecified atom stereocenters. The van der Waals surface area contributed by atoms with E-state index in [-0.39, 0.29) is 24.4 Å². The summed E-state index contributed by atoms with van der Waals surface area (Å²) in [6, 6.07) is 0.0921. The summed E-state index contributed by atoms with van der Waals surface area (Å²) in [5.41, 5.74) is 0. The van der Waals surface area contributed by atoms with Gasteiger partial charge >= 0.3 is 5.97 Å². The Morgan fingerprint density at radius 3 is 2.71 bits per heavy atom. The van der Waals surface area contributed by atoms with Crippen LogP contribution in [0, 0.1) is 5.92 Å². The number of piperidine rings is 1. The zero-order chi connectivity index (χ0) is 15.8. The van der Waals surface area contributed by atoms with E-state index in [2.05, 4.69) is 17.1 Å². The molecular formula is C16H30N2O3. The number of likely N-dealkylation sites (tertiary alicyclic amines) is 1. The van der Waals surface area contributed by atoms with Crippen molar-refractivity contribution in [2.45, 2.75) is 71.4 Å². The van der Waals surface area contributed by atoms with Crippen LogP contribution < -0.4 is 5.32 Å². The summed E-state index contributed by atoms with van der Waals surface area (Å²) in [6.45, 7) is 7.88. The van der Waals surface area contributed by atoms with Gasteiger partial charge in [-0.05, 0) is 52.0 Å². The van der Waals surface area contributed by atoms with Crippen LogP contribution in [0.5, 0.6) is 0 Å². The molecule has 0 aromatic carbocycles. The summed E-state index contributed by atoms with van der Waals surface area (Å²) in [6.07, 6.45) is 5.13. The summed E-state index contributed by atoms with van der Waals surface area (Å²) < 4.78 is 0. The predicted molar refractivity (Wildman–Crippen MR) is 83.1 cm³/mol. The van der Waals surface area contributed by atoms with Crippen molar-refractivity contribution in [1.29, 1.82) is 0 Å². The summed E-state index contributed by atoms with van der Waals surface area (Å²) >= 11 is 0. The molecule has 0 saturated carbocycles. The molecule has 1 amide bonds. The number of rotatable bonds is 8. The van der Waals surface area contributed by atoms with Crippen molar-refractivity contribution in [3.05, 3.63) is 0 Å². The highest BCUT2D eigenvalue weighted by molar-refractivity contribution is 5.81. The van der Waals surface area contributed by atoms with Crippen molar-refractivity contribution < 1.29 is 14.7 Å². The minimum absolute atomic E-state index is 0.0924. The molecule has 1 saturated heterocycles. The maximum Gasteiger partial charge on any atom is 0.303 e.